The quantitative estimate of drug-likeness (QED) is 0.771. The minimum Gasteiger partial charge on any atom is -0.481 e. The van der Waals surface area contributed by atoms with Crippen molar-refractivity contribution in [3.05, 3.63) is 27.7 Å². The van der Waals surface area contributed by atoms with Crippen molar-refractivity contribution in [3.8, 4) is 0 Å². The lowest BCUT2D eigenvalue weighted by atomic mass is 10.3. The summed E-state index contributed by atoms with van der Waals surface area (Å²) in [5.41, 5.74) is 0.545. The second-order valence-corrected chi connectivity index (χ2v) is 5.80. The SMILES string of the molecule is O=C(O)CCSCC(=O)Nc1ccc(Br)cc1Cl. The molecule has 7 heteroatoms. The fourth-order valence-corrected chi connectivity index (χ4v) is 2.54. The average molecular weight is 353 g/mol. The Morgan fingerprint density at radius 1 is 1.44 bits per heavy atom. The van der Waals surface area contributed by atoms with Crippen LogP contribution in [0.15, 0.2) is 22.7 Å². The molecule has 0 saturated carbocycles. The maximum absolute atomic E-state index is 11.5. The molecule has 1 rings (SSSR count). The molecule has 0 spiro atoms. The van der Waals surface area contributed by atoms with Crippen LogP contribution < -0.4 is 5.32 Å². The first kappa shape index (κ1) is 15.3. The summed E-state index contributed by atoms with van der Waals surface area (Å²) in [4.78, 5) is 21.8. The van der Waals surface area contributed by atoms with Crippen molar-refractivity contribution in [1.29, 1.82) is 0 Å². The van der Waals surface area contributed by atoms with E-state index in [9.17, 15) is 9.59 Å². The highest BCUT2D eigenvalue weighted by Crippen LogP contribution is 2.25. The second-order valence-electron chi connectivity index (χ2n) is 3.37. The van der Waals surface area contributed by atoms with Crippen molar-refractivity contribution in [2.45, 2.75) is 6.42 Å². The first-order valence-electron chi connectivity index (χ1n) is 5.03. The van der Waals surface area contributed by atoms with Gasteiger partial charge in [0.25, 0.3) is 0 Å². The number of hydrogen-bond donors (Lipinski definition) is 2. The Labute approximate surface area is 122 Å². The first-order valence-corrected chi connectivity index (χ1v) is 7.36. The highest BCUT2D eigenvalue weighted by atomic mass is 79.9. The van der Waals surface area contributed by atoms with Gasteiger partial charge in [-0.25, -0.2) is 0 Å². The van der Waals surface area contributed by atoms with Gasteiger partial charge in [0.1, 0.15) is 0 Å². The van der Waals surface area contributed by atoms with Crippen LogP contribution in [0.25, 0.3) is 0 Å². The molecule has 0 heterocycles. The molecule has 0 aliphatic heterocycles. The summed E-state index contributed by atoms with van der Waals surface area (Å²) >= 11 is 10.5. The van der Waals surface area contributed by atoms with Crippen LogP contribution in [0.4, 0.5) is 5.69 Å². The molecule has 0 radical (unpaired) electrons. The number of benzene rings is 1. The molecule has 98 valence electrons. The summed E-state index contributed by atoms with van der Waals surface area (Å²) < 4.78 is 0.835. The van der Waals surface area contributed by atoms with Crippen LogP contribution in [0.3, 0.4) is 0 Å². The van der Waals surface area contributed by atoms with E-state index in [0.717, 1.165) is 4.47 Å². The molecule has 0 aliphatic carbocycles. The van der Waals surface area contributed by atoms with E-state index in [0.29, 0.717) is 16.5 Å². The van der Waals surface area contributed by atoms with Crippen LogP contribution >= 0.6 is 39.3 Å². The number of halogens is 2. The zero-order valence-corrected chi connectivity index (χ0v) is 12.4. The largest absolute Gasteiger partial charge is 0.481 e. The minimum absolute atomic E-state index is 0.0526. The highest BCUT2D eigenvalue weighted by molar-refractivity contribution is 9.10. The van der Waals surface area contributed by atoms with E-state index in [2.05, 4.69) is 21.2 Å². The van der Waals surface area contributed by atoms with Crippen LogP contribution in [0.5, 0.6) is 0 Å². The molecule has 4 nitrogen and oxygen atoms in total. The van der Waals surface area contributed by atoms with Gasteiger partial charge < -0.3 is 10.4 Å². The number of anilines is 1. The number of carbonyl (C=O) groups excluding carboxylic acids is 1. The Bertz CT molecular complexity index is 456. The fourth-order valence-electron chi connectivity index (χ4n) is 1.10. The molecule has 0 aromatic heterocycles. The molecular formula is C11H11BrClNO3S. The van der Waals surface area contributed by atoms with Gasteiger partial charge >= 0.3 is 5.97 Å². The van der Waals surface area contributed by atoms with Crippen molar-refractivity contribution in [2.75, 3.05) is 16.8 Å². The van der Waals surface area contributed by atoms with Gasteiger partial charge in [0.05, 0.1) is 22.9 Å². The summed E-state index contributed by atoms with van der Waals surface area (Å²) in [6, 6.07) is 5.17. The average Bonchev–Trinajstić information content (AvgIpc) is 2.28. The number of nitrogens with one attached hydrogen (secondary N) is 1. The molecule has 0 bridgehead atoms. The third-order valence-electron chi connectivity index (χ3n) is 1.90. The summed E-state index contributed by atoms with van der Waals surface area (Å²) in [6.07, 6.45) is 0.0526. The maximum Gasteiger partial charge on any atom is 0.304 e. The third-order valence-corrected chi connectivity index (χ3v) is 3.66. The van der Waals surface area contributed by atoms with Gasteiger partial charge in [0, 0.05) is 10.2 Å². The van der Waals surface area contributed by atoms with Crippen LogP contribution in [0.1, 0.15) is 6.42 Å². The molecule has 0 aliphatic rings. The maximum atomic E-state index is 11.5. The van der Waals surface area contributed by atoms with E-state index < -0.39 is 5.97 Å². The molecule has 1 aromatic carbocycles. The number of carboxylic acids is 1. The Balaban J connectivity index is 2.38. The van der Waals surface area contributed by atoms with Gasteiger partial charge in [-0.05, 0) is 18.2 Å². The Kier molecular flexibility index (Phi) is 6.52. The predicted octanol–water partition coefficient (Wildman–Crippen LogP) is 3.25. The molecule has 18 heavy (non-hydrogen) atoms. The number of carbonyl (C=O) groups is 2. The minimum atomic E-state index is -0.862. The molecule has 2 N–H and O–H groups in total. The Hall–Kier alpha value is -0.720. The predicted molar refractivity (Wildman–Crippen MR) is 77.4 cm³/mol. The summed E-state index contributed by atoms with van der Waals surface area (Å²) in [6.45, 7) is 0. The number of carboxylic acid groups (broad SMARTS) is 1. The molecule has 0 saturated heterocycles. The summed E-state index contributed by atoms with van der Waals surface area (Å²) in [5.74, 6) is -0.440. The lowest BCUT2D eigenvalue weighted by molar-refractivity contribution is -0.136. The molecule has 1 aromatic rings. The third kappa shape index (κ3) is 5.75. The van der Waals surface area contributed by atoms with E-state index in [4.69, 9.17) is 16.7 Å². The zero-order chi connectivity index (χ0) is 13.5. The van der Waals surface area contributed by atoms with Crippen molar-refractivity contribution < 1.29 is 14.7 Å². The van der Waals surface area contributed by atoms with Crippen LogP contribution in [0, 0.1) is 0 Å². The number of amides is 1. The topological polar surface area (TPSA) is 66.4 Å². The van der Waals surface area contributed by atoms with Crippen molar-refractivity contribution in [3.63, 3.8) is 0 Å². The number of rotatable bonds is 6. The van der Waals surface area contributed by atoms with Gasteiger partial charge in [-0.2, -0.15) is 11.8 Å². The number of thioether (sulfide) groups is 1. The van der Waals surface area contributed by atoms with Crippen molar-refractivity contribution >= 4 is 56.9 Å². The monoisotopic (exact) mass is 351 g/mol. The van der Waals surface area contributed by atoms with E-state index in [-0.39, 0.29) is 18.1 Å². The highest BCUT2D eigenvalue weighted by Gasteiger charge is 2.07. The van der Waals surface area contributed by atoms with Gasteiger partial charge in [0.15, 0.2) is 0 Å². The summed E-state index contributed by atoms with van der Waals surface area (Å²) in [5, 5.41) is 11.6. The van der Waals surface area contributed by atoms with Gasteiger partial charge in [-0.3, -0.25) is 9.59 Å². The van der Waals surface area contributed by atoms with E-state index in [1.165, 1.54) is 11.8 Å². The van der Waals surface area contributed by atoms with E-state index >= 15 is 0 Å². The molecule has 1 amide bonds. The van der Waals surface area contributed by atoms with Crippen LogP contribution in [-0.2, 0) is 9.59 Å². The van der Waals surface area contributed by atoms with Gasteiger partial charge in [-0.1, -0.05) is 27.5 Å². The van der Waals surface area contributed by atoms with E-state index in [1.54, 1.807) is 18.2 Å². The molecule has 0 atom stereocenters. The number of aliphatic carboxylic acids is 1. The Morgan fingerprint density at radius 3 is 2.78 bits per heavy atom. The molecule has 0 fully saturated rings. The lowest BCUT2D eigenvalue weighted by Gasteiger charge is -2.07. The van der Waals surface area contributed by atoms with Crippen molar-refractivity contribution in [2.24, 2.45) is 0 Å². The van der Waals surface area contributed by atoms with Crippen LogP contribution in [-0.4, -0.2) is 28.5 Å². The van der Waals surface area contributed by atoms with Gasteiger partial charge in [0.2, 0.25) is 5.91 Å². The fraction of sp³-hybridized carbons (Fsp3) is 0.273. The summed E-state index contributed by atoms with van der Waals surface area (Å²) in [7, 11) is 0. The molecular weight excluding hydrogens is 342 g/mol. The van der Waals surface area contributed by atoms with Crippen molar-refractivity contribution in [1.82, 2.24) is 0 Å². The smallest absolute Gasteiger partial charge is 0.304 e. The normalized spacial score (nSPS) is 10.1. The second kappa shape index (κ2) is 7.66. The molecule has 0 unspecified atom stereocenters. The van der Waals surface area contributed by atoms with E-state index in [1.807, 2.05) is 0 Å². The van der Waals surface area contributed by atoms with Gasteiger partial charge in [-0.15, -0.1) is 0 Å². The number of hydrogen-bond acceptors (Lipinski definition) is 3. The zero-order valence-electron chi connectivity index (χ0n) is 9.28. The standard InChI is InChI=1S/C11H11BrClNO3S/c12-7-1-2-9(8(13)5-7)14-10(15)6-18-4-3-11(16)17/h1-2,5H,3-4,6H2,(H,14,15)(H,16,17). The van der Waals surface area contributed by atoms with Crippen LogP contribution in [0.2, 0.25) is 5.02 Å². The Morgan fingerprint density at radius 2 is 2.17 bits per heavy atom. The lowest BCUT2D eigenvalue weighted by Crippen LogP contribution is -2.15. The first-order chi connectivity index (χ1) is 8.49.